The summed E-state index contributed by atoms with van der Waals surface area (Å²) in [6.45, 7) is 1.78. The van der Waals surface area contributed by atoms with Gasteiger partial charge in [-0.25, -0.2) is 4.79 Å². The molecular weight excluding hydrogens is 382 g/mol. The largest absolute Gasteiger partial charge is 0.497 e. The van der Waals surface area contributed by atoms with Gasteiger partial charge in [-0.2, -0.15) is 0 Å². The minimum Gasteiger partial charge on any atom is -0.497 e. The topological polar surface area (TPSA) is 79.9 Å². The van der Waals surface area contributed by atoms with Crippen LogP contribution in [-0.2, 0) is 6.54 Å². The van der Waals surface area contributed by atoms with Crippen LogP contribution in [0.2, 0.25) is 0 Å². The zero-order chi connectivity index (χ0) is 21.5. The summed E-state index contributed by atoms with van der Waals surface area (Å²) >= 11 is 0. The summed E-state index contributed by atoms with van der Waals surface area (Å²) in [7, 11) is 4.84. The summed E-state index contributed by atoms with van der Waals surface area (Å²) in [6, 6.07) is 13.1. The second-order valence-corrected chi connectivity index (χ2v) is 7.33. The average molecular weight is 412 g/mol. The molecule has 2 aromatic rings. The van der Waals surface area contributed by atoms with E-state index in [0.29, 0.717) is 30.2 Å². The molecule has 1 aliphatic rings. The zero-order valence-electron chi connectivity index (χ0n) is 17.7. The fourth-order valence-corrected chi connectivity index (χ4v) is 3.80. The highest BCUT2D eigenvalue weighted by atomic mass is 16.5. The van der Waals surface area contributed by atoms with Crippen molar-refractivity contribution in [3.05, 3.63) is 59.2 Å². The van der Waals surface area contributed by atoms with Crippen molar-refractivity contribution in [2.45, 2.75) is 25.3 Å². The molecule has 1 fully saturated rings. The molecule has 0 saturated carbocycles. The maximum Gasteiger partial charge on any atom is 0.317 e. The molecule has 1 aliphatic heterocycles. The number of methoxy groups -OCH3 is 2. The number of nitrogens with zero attached hydrogens (tertiary/aromatic N) is 1. The smallest absolute Gasteiger partial charge is 0.317 e. The van der Waals surface area contributed by atoms with Gasteiger partial charge in [0.15, 0.2) is 0 Å². The Labute approximate surface area is 177 Å². The van der Waals surface area contributed by atoms with Crippen molar-refractivity contribution < 1.29 is 19.1 Å². The third-order valence-electron chi connectivity index (χ3n) is 5.48. The number of carbonyl (C=O) groups is 2. The van der Waals surface area contributed by atoms with E-state index in [9.17, 15) is 9.59 Å². The Bertz CT molecular complexity index is 900. The maximum atomic E-state index is 12.7. The summed E-state index contributed by atoms with van der Waals surface area (Å²) in [5.74, 6) is 1.45. The number of nitrogens with one attached hydrogen (secondary N) is 2. The van der Waals surface area contributed by atoms with Crippen molar-refractivity contribution in [2.75, 3.05) is 34.4 Å². The predicted molar refractivity (Wildman–Crippen MR) is 115 cm³/mol. The molecule has 7 nitrogen and oxygen atoms in total. The highest BCUT2D eigenvalue weighted by molar-refractivity contribution is 5.94. The number of hydrogen-bond donors (Lipinski definition) is 2. The monoisotopic (exact) mass is 411 g/mol. The van der Waals surface area contributed by atoms with Crippen LogP contribution in [-0.4, -0.2) is 51.2 Å². The van der Waals surface area contributed by atoms with Gasteiger partial charge in [0, 0.05) is 49.8 Å². The number of ether oxygens (including phenoxy) is 2. The van der Waals surface area contributed by atoms with E-state index in [-0.39, 0.29) is 17.9 Å². The van der Waals surface area contributed by atoms with Crippen LogP contribution in [0.4, 0.5) is 4.79 Å². The molecule has 2 aromatic carbocycles. The van der Waals surface area contributed by atoms with Crippen LogP contribution in [0.3, 0.4) is 0 Å². The lowest BCUT2D eigenvalue weighted by molar-refractivity contribution is 0.0950. The van der Waals surface area contributed by atoms with Gasteiger partial charge in [0.1, 0.15) is 11.5 Å². The number of benzene rings is 2. The van der Waals surface area contributed by atoms with Crippen LogP contribution in [0.5, 0.6) is 11.5 Å². The summed E-state index contributed by atoms with van der Waals surface area (Å²) < 4.78 is 10.6. The molecule has 0 radical (unpaired) electrons. The first-order valence-electron chi connectivity index (χ1n) is 10.1. The van der Waals surface area contributed by atoms with Gasteiger partial charge in [-0.15, -0.1) is 0 Å². The van der Waals surface area contributed by atoms with Crippen LogP contribution in [0.1, 0.15) is 40.2 Å². The molecule has 0 bridgehead atoms. The first-order chi connectivity index (χ1) is 14.5. The van der Waals surface area contributed by atoms with Crippen molar-refractivity contribution in [3.63, 3.8) is 0 Å². The lowest BCUT2D eigenvalue weighted by atomic mass is 9.89. The number of likely N-dealkylation sites (tertiary alicyclic amines) is 1. The Morgan fingerprint density at radius 2 is 1.97 bits per heavy atom. The Kier molecular flexibility index (Phi) is 7.17. The summed E-state index contributed by atoms with van der Waals surface area (Å²) in [5, 5.41) is 5.65. The number of carbonyl (C=O) groups excluding carboxylic acids is 2. The molecule has 1 saturated heterocycles. The summed E-state index contributed by atoms with van der Waals surface area (Å²) in [4.78, 5) is 26.5. The Morgan fingerprint density at radius 3 is 2.70 bits per heavy atom. The lowest BCUT2D eigenvalue weighted by Gasteiger charge is -2.32. The second-order valence-electron chi connectivity index (χ2n) is 7.33. The van der Waals surface area contributed by atoms with Gasteiger partial charge in [0.05, 0.1) is 14.2 Å². The van der Waals surface area contributed by atoms with Gasteiger partial charge in [-0.3, -0.25) is 4.79 Å². The SMILES string of the molecule is CNC(=O)N1CCC[C@@H](c2cccc(C(=O)NCc3ccc(OC)cc3OC)c2)C1. The normalized spacial score (nSPS) is 16.0. The van der Waals surface area contributed by atoms with Gasteiger partial charge in [0.25, 0.3) is 5.91 Å². The Balaban J connectivity index is 1.67. The van der Waals surface area contributed by atoms with Gasteiger partial charge in [-0.1, -0.05) is 12.1 Å². The van der Waals surface area contributed by atoms with E-state index in [1.54, 1.807) is 27.3 Å². The third kappa shape index (κ3) is 5.03. The second kappa shape index (κ2) is 10.0. The molecule has 0 unspecified atom stereocenters. The number of urea groups is 1. The molecule has 3 rings (SSSR count). The molecule has 0 aliphatic carbocycles. The Morgan fingerprint density at radius 1 is 1.13 bits per heavy atom. The van der Waals surface area contributed by atoms with Gasteiger partial charge in [-0.05, 0) is 42.7 Å². The third-order valence-corrected chi connectivity index (χ3v) is 5.48. The van der Waals surface area contributed by atoms with E-state index in [2.05, 4.69) is 10.6 Å². The van der Waals surface area contributed by atoms with E-state index in [1.807, 2.05) is 41.3 Å². The summed E-state index contributed by atoms with van der Waals surface area (Å²) in [6.07, 6.45) is 1.95. The minimum absolute atomic E-state index is 0.0537. The number of piperidine rings is 1. The molecule has 2 N–H and O–H groups in total. The highest BCUT2D eigenvalue weighted by Gasteiger charge is 2.24. The van der Waals surface area contributed by atoms with E-state index in [0.717, 1.165) is 30.5 Å². The molecule has 7 heteroatoms. The molecule has 160 valence electrons. The number of amides is 3. The van der Waals surface area contributed by atoms with Crippen LogP contribution >= 0.6 is 0 Å². The standard InChI is InChI=1S/C23H29N3O4/c1-24-23(28)26-11-5-8-19(15-26)16-6-4-7-17(12-16)22(27)25-14-18-9-10-20(29-2)13-21(18)30-3/h4,6-7,9-10,12-13,19H,5,8,11,14-15H2,1-3H3,(H,24,28)(H,25,27)/t19-/m1/s1. The fourth-order valence-electron chi connectivity index (χ4n) is 3.80. The van der Waals surface area contributed by atoms with E-state index in [1.165, 1.54) is 0 Å². The molecule has 0 aromatic heterocycles. The van der Waals surface area contributed by atoms with Crippen molar-refractivity contribution in [1.29, 1.82) is 0 Å². The van der Waals surface area contributed by atoms with E-state index in [4.69, 9.17) is 9.47 Å². The van der Waals surface area contributed by atoms with Crippen molar-refractivity contribution >= 4 is 11.9 Å². The van der Waals surface area contributed by atoms with Gasteiger partial charge >= 0.3 is 6.03 Å². The highest BCUT2D eigenvalue weighted by Crippen LogP contribution is 2.28. The molecule has 1 heterocycles. The van der Waals surface area contributed by atoms with Gasteiger partial charge < -0.3 is 25.0 Å². The van der Waals surface area contributed by atoms with Crippen molar-refractivity contribution in [1.82, 2.24) is 15.5 Å². The van der Waals surface area contributed by atoms with Crippen LogP contribution in [0.25, 0.3) is 0 Å². The first-order valence-corrected chi connectivity index (χ1v) is 10.1. The average Bonchev–Trinajstić information content (AvgIpc) is 2.81. The zero-order valence-corrected chi connectivity index (χ0v) is 17.7. The molecular formula is C23H29N3O4. The number of hydrogen-bond acceptors (Lipinski definition) is 4. The fraction of sp³-hybridized carbons (Fsp3) is 0.391. The quantitative estimate of drug-likeness (QED) is 0.765. The Hall–Kier alpha value is -3.22. The molecule has 3 amide bonds. The van der Waals surface area contributed by atoms with Crippen LogP contribution < -0.4 is 20.1 Å². The first kappa shape index (κ1) is 21.5. The minimum atomic E-state index is -0.145. The van der Waals surface area contributed by atoms with Crippen molar-refractivity contribution in [2.24, 2.45) is 0 Å². The van der Waals surface area contributed by atoms with Crippen LogP contribution in [0.15, 0.2) is 42.5 Å². The predicted octanol–water partition coefficient (Wildman–Crippen LogP) is 3.15. The molecule has 30 heavy (non-hydrogen) atoms. The molecule has 1 atom stereocenters. The van der Waals surface area contributed by atoms with Crippen molar-refractivity contribution in [3.8, 4) is 11.5 Å². The van der Waals surface area contributed by atoms with E-state index < -0.39 is 0 Å². The maximum absolute atomic E-state index is 12.7. The summed E-state index contributed by atoms with van der Waals surface area (Å²) in [5.41, 5.74) is 2.56. The lowest BCUT2D eigenvalue weighted by Crippen LogP contribution is -2.43. The van der Waals surface area contributed by atoms with E-state index >= 15 is 0 Å². The van der Waals surface area contributed by atoms with Gasteiger partial charge in [0.2, 0.25) is 0 Å². The van der Waals surface area contributed by atoms with Crippen LogP contribution in [0, 0.1) is 0 Å². The number of rotatable bonds is 6. The molecule has 0 spiro atoms.